The van der Waals surface area contributed by atoms with Crippen LogP contribution in [-0.2, 0) is 9.59 Å². The number of piperazine rings is 1. The lowest BCUT2D eigenvalue weighted by atomic mass is 9.93. The van der Waals surface area contributed by atoms with Crippen molar-refractivity contribution in [3.63, 3.8) is 0 Å². The lowest BCUT2D eigenvalue weighted by molar-refractivity contribution is -0.153. The van der Waals surface area contributed by atoms with Gasteiger partial charge in [-0.2, -0.15) is 0 Å². The molecule has 0 aliphatic carbocycles. The third-order valence-corrected chi connectivity index (χ3v) is 3.97. The highest BCUT2D eigenvalue weighted by Gasteiger charge is 2.42. The minimum Gasteiger partial charge on any atom is -0.342 e. The molecule has 1 rings (SSSR count). The molecule has 0 spiro atoms. The lowest BCUT2D eigenvalue weighted by Crippen LogP contribution is -2.65. The molecule has 1 heterocycles. The maximum Gasteiger partial charge on any atom is 0.246 e. The van der Waals surface area contributed by atoms with Gasteiger partial charge in [-0.3, -0.25) is 9.59 Å². The number of nitrogens with one attached hydrogen (secondary N) is 1. The molecule has 1 N–H and O–H groups in total. The Labute approximate surface area is 123 Å². The summed E-state index contributed by atoms with van der Waals surface area (Å²) in [7, 11) is 0. The number of hydrogen-bond donors (Lipinski definition) is 1. The Morgan fingerprint density at radius 2 is 1.60 bits per heavy atom. The maximum absolute atomic E-state index is 12.7. The van der Waals surface area contributed by atoms with Crippen LogP contribution in [0.15, 0.2) is 0 Å². The average Bonchev–Trinajstić information content (AvgIpc) is 2.33. The molecular weight excluding hydrogens is 252 g/mol. The van der Waals surface area contributed by atoms with Crippen LogP contribution in [0.3, 0.4) is 0 Å². The van der Waals surface area contributed by atoms with Crippen molar-refractivity contribution in [2.24, 2.45) is 11.8 Å². The Kier molecular flexibility index (Phi) is 6.03. The van der Waals surface area contributed by atoms with Crippen LogP contribution in [0, 0.1) is 11.8 Å². The van der Waals surface area contributed by atoms with E-state index in [1.165, 1.54) is 0 Å². The minimum absolute atomic E-state index is 0.0178. The zero-order chi connectivity index (χ0) is 15.4. The smallest absolute Gasteiger partial charge is 0.246 e. The molecule has 3 unspecified atom stereocenters. The van der Waals surface area contributed by atoms with Gasteiger partial charge in [-0.25, -0.2) is 0 Å². The van der Waals surface area contributed by atoms with Crippen LogP contribution in [0.2, 0.25) is 0 Å². The summed E-state index contributed by atoms with van der Waals surface area (Å²) in [5.74, 6) is 0.902. The van der Waals surface area contributed by atoms with Gasteiger partial charge in [-0.15, -0.1) is 0 Å². The third-order valence-electron chi connectivity index (χ3n) is 3.97. The fourth-order valence-corrected chi connectivity index (χ4v) is 2.81. The molecule has 0 radical (unpaired) electrons. The second-order valence-corrected chi connectivity index (χ2v) is 6.84. The molecule has 4 heteroatoms. The Bertz CT molecular complexity index is 352. The first kappa shape index (κ1) is 17.0. The van der Waals surface area contributed by atoms with E-state index in [1.54, 1.807) is 0 Å². The van der Waals surface area contributed by atoms with E-state index in [4.69, 9.17) is 0 Å². The van der Waals surface area contributed by atoms with E-state index in [-0.39, 0.29) is 29.9 Å². The van der Waals surface area contributed by atoms with Gasteiger partial charge >= 0.3 is 0 Å². The second kappa shape index (κ2) is 7.09. The van der Waals surface area contributed by atoms with Crippen LogP contribution in [0.4, 0.5) is 0 Å². The number of hydrogen-bond acceptors (Lipinski definition) is 2. The molecule has 0 aromatic rings. The molecule has 4 nitrogen and oxygen atoms in total. The van der Waals surface area contributed by atoms with Gasteiger partial charge in [0.2, 0.25) is 11.8 Å². The van der Waals surface area contributed by atoms with E-state index in [2.05, 4.69) is 39.9 Å². The quantitative estimate of drug-likeness (QED) is 0.814. The molecule has 0 bridgehead atoms. The summed E-state index contributed by atoms with van der Waals surface area (Å²) < 4.78 is 0. The third kappa shape index (κ3) is 3.97. The van der Waals surface area contributed by atoms with Gasteiger partial charge in [0.1, 0.15) is 12.1 Å². The first-order chi connectivity index (χ1) is 9.27. The SMILES string of the molecule is CCC(C)N1C(=O)C(CC(C)C)NC(=O)C1CC(C)C. The highest BCUT2D eigenvalue weighted by atomic mass is 16.2. The summed E-state index contributed by atoms with van der Waals surface area (Å²) in [5.41, 5.74) is 0. The van der Waals surface area contributed by atoms with Gasteiger partial charge in [0.05, 0.1) is 0 Å². The molecule has 116 valence electrons. The Morgan fingerprint density at radius 3 is 2.05 bits per heavy atom. The largest absolute Gasteiger partial charge is 0.342 e. The predicted molar refractivity (Wildman–Crippen MR) is 81.2 cm³/mol. The standard InChI is InChI=1S/C16H30N2O2/c1-7-12(6)18-14(9-11(4)5)15(19)17-13(16(18)20)8-10(2)3/h10-14H,7-9H2,1-6H3,(H,17,19). The molecular formula is C16H30N2O2. The molecule has 0 aromatic heterocycles. The average molecular weight is 282 g/mol. The molecule has 1 aliphatic rings. The number of amides is 2. The van der Waals surface area contributed by atoms with E-state index < -0.39 is 0 Å². The molecule has 1 fully saturated rings. The fraction of sp³-hybridized carbons (Fsp3) is 0.875. The Hall–Kier alpha value is -1.06. The van der Waals surface area contributed by atoms with Crippen molar-refractivity contribution in [1.82, 2.24) is 10.2 Å². The van der Waals surface area contributed by atoms with Crippen molar-refractivity contribution in [2.45, 2.75) is 78.9 Å². The second-order valence-electron chi connectivity index (χ2n) is 6.84. The van der Waals surface area contributed by atoms with Crippen LogP contribution in [0.5, 0.6) is 0 Å². The van der Waals surface area contributed by atoms with E-state index in [1.807, 2.05) is 11.8 Å². The summed E-state index contributed by atoms with van der Waals surface area (Å²) in [6, 6.07) is -0.535. The summed E-state index contributed by atoms with van der Waals surface area (Å²) in [6.45, 7) is 12.4. The van der Waals surface area contributed by atoms with Crippen molar-refractivity contribution in [1.29, 1.82) is 0 Å². The van der Waals surface area contributed by atoms with Gasteiger partial charge in [0.15, 0.2) is 0 Å². The lowest BCUT2D eigenvalue weighted by Gasteiger charge is -2.43. The molecule has 2 amide bonds. The van der Waals surface area contributed by atoms with E-state index in [9.17, 15) is 9.59 Å². The zero-order valence-corrected chi connectivity index (χ0v) is 13.8. The zero-order valence-electron chi connectivity index (χ0n) is 13.8. The van der Waals surface area contributed by atoms with Gasteiger partial charge in [0.25, 0.3) is 0 Å². The Morgan fingerprint density at radius 1 is 1.05 bits per heavy atom. The van der Waals surface area contributed by atoms with Gasteiger partial charge in [-0.05, 0) is 38.0 Å². The normalized spacial score (nSPS) is 25.3. The van der Waals surface area contributed by atoms with Gasteiger partial charge in [-0.1, -0.05) is 34.6 Å². The summed E-state index contributed by atoms with van der Waals surface area (Å²) in [4.78, 5) is 26.9. The van der Waals surface area contributed by atoms with E-state index in [0.717, 1.165) is 12.8 Å². The van der Waals surface area contributed by atoms with Crippen molar-refractivity contribution in [3.8, 4) is 0 Å². The number of carbonyl (C=O) groups excluding carboxylic acids is 2. The first-order valence-corrected chi connectivity index (χ1v) is 7.90. The minimum atomic E-state index is -0.347. The maximum atomic E-state index is 12.7. The number of nitrogens with zero attached hydrogens (tertiary/aromatic N) is 1. The highest BCUT2D eigenvalue weighted by Crippen LogP contribution is 2.23. The van der Waals surface area contributed by atoms with Crippen molar-refractivity contribution in [3.05, 3.63) is 0 Å². The van der Waals surface area contributed by atoms with E-state index in [0.29, 0.717) is 18.3 Å². The predicted octanol–water partition coefficient (Wildman–Crippen LogP) is 2.57. The molecule has 1 aliphatic heterocycles. The van der Waals surface area contributed by atoms with Crippen LogP contribution >= 0.6 is 0 Å². The van der Waals surface area contributed by atoms with Gasteiger partial charge < -0.3 is 10.2 Å². The van der Waals surface area contributed by atoms with Crippen LogP contribution in [-0.4, -0.2) is 34.8 Å². The summed E-state index contributed by atoms with van der Waals surface area (Å²) in [6.07, 6.45) is 2.32. The van der Waals surface area contributed by atoms with Gasteiger partial charge in [0, 0.05) is 6.04 Å². The van der Waals surface area contributed by atoms with Crippen molar-refractivity contribution in [2.75, 3.05) is 0 Å². The molecule has 20 heavy (non-hydrogen) atoms. The van der Waals surface area contributed by atoms with E-state index >= 15 is 0 Å². The van der Waals surface area contributed by atoms with Crippen LogP contribution < -0.4 is 5.32 Å². The topological polar surface area (TPSA) is 49.4 Å². The number of rotatable bonds is 6. The highest BCUT2D eigenvalue weighted by molar-refractivity contribution is 5.97. The molecule has 1 saturated heterocycles. The summed E-state index contributed by atoms with van der Waals surface area (Å²) >= 11 is 0. The summed E-state index contributed by atoms with van der Waals surface area (Å²) in [5, 5.41) is 2.93. The van der Waals surface area contributed by atoms with Crippen LogP contribution in [0.25, 0.3) is 0 Å². The van der Waals surface area contributed by atoms with Crippen molar-refractivity contribution >= 4 is 11.8 Å². The monoisotopic (exact) mass is 282 g/mol. The molecule has 3 atom stereocenters. The molecule has 0 saturated carbocycles. The fourth-order valence-electron chi connectivity index (χ4n) is 2.81. The Balaban J connectivity index is 2.98. The first-order valence-electron chi connectivity index (χ1n) is 7.90. The van der Waals surface area contributed by atoms with Crippen LogP contribution in [0.1, 0.15) is 60.8 Å². The van der Waals surface area contributed by atoms with Crippen molar-refractivity contribution < 1.29 is 9.59 Å². The number of carbonyl (C=O) groups is 2. The molecule has 0 aromatic carbocycles.